The van der Waals surface area contributed by atoms with Gasteiger partial charge in [0.1, 0.15) is 0 Å². The highest BCUT2D eigenvalue weighted by Gasteiger charge is 2.27. The van der Waals surface area contributed by atoms with E-state index in [2.05, 4.69) is 46.1 Å². The molecule has 0 unspecified atom stereocenters. The van der Waals surface area contributed by atoms with Crippen LogP contribution < -0.4 is 10.6 Å². The molecule has 0 amide bonds. The predicted molar refractivity (Wildman–Crippen MR) is 63.5 cm³/mol. The van der Waals surface area contributed by atoms with E-state index < -0.39 is 0 Å². The fourth-order valence-electron chi connectivity index (χ4n) is 1.62. The Morgan fingerprint density at radius 1 is 1.50 bits per heavy atom. The first kappa shape index (κ1) is 9.99. The van der Waals surface area contributed by atoms with E-state index in [-0.39, 0.29) is 0 Å². The summed E-state index contributed by atoms with van der Waals surface area (Å²) < 4.78 is 1.15. The molecule has 1 fully saturated rings. The Hall–Kier alpha value is -0.540. The molecule has 2 rings (SSSR count). The van der Waals surface area contributed by atoms with Gasteiger partial charge in [-0.15, -0.1) is 0 Å². The first-order valence-corrected chi connectivity index (χ1v) is 5.73. The van der Waals surface area contributed by atoms with Crippen LogP contribution in [0.5, 0.6) is 0 Å². The van der Waals surface area contributed by atoms with Gasteiger partial charge in [0.15, 0.2) is 0 Å². The second-order valence-corrected chi connectivity index (χ2v) is 4.69. The van der Waals surface area contributed by atoms with Crippen LogP contribution in [0.2, 0.25) is 0 Å². The lowest BCUT2D eigenvalue weighted by Gasteiger charge is -2.20. The van der Waals surface area contributed by atoms with Crippen molar-refractivity contribution in [3.8, 4) is 0 Å². The summed E-state index contributed by atoms with van der Waals surface area (Å²) in [7, 11) is 2.15. The molecule has 0 aliphatic heterocycles. The molecule has 1 aromatic carbocycles. The van der Waals surface area contributed by atoms with Gasteiger partial charge in [-0.2, -0.15) is 0 Å². The molecule has 0 saturated heterocycles. The predicted octanol–water partition coefficient (Wildman–Crippen LogP) is 2.51. The van der Waals surface area contributed by atoms with E-state index in [1.54, 1.807) is 0 Å². The summed E-state index contributed by atoms with van der Waals surface area (Å²) in [4.78, 5) is 2.34. The molecule has 2 N–H and O–H groups in total. The summed E-state index contributed by atoms with van der Waals surface area (Å²) in [5.41, 5.74) is 8.02. The zero-order chi connectivity index (χ0) is 10.1. The standard InChI is InChI=1S/C11H15BrN2/c1-14(9-3-4-9)11-5-2-8(7-13)6-10(11)12/h2,5-6,9H,3-4,7,13H2,1H3. The molecule has 1 saturated carbocycles. The third-order valence-electron chi connectivity index (χ3n) is 2.72. The van der Waals surface area contributed by atoms with E-state index in [9.17, 15) is 0 Å². The molecular formula is C11H15BrN2. The fourth-order valence-corrected chi connectivity index (χ4v) is 2.33. The van der Waals surface area contributed by atoms with Crippen molar-refractivity contribution < 1.29 is 0 Å². The van der Waals surface area contributed by atoms with Crippen LogP contribution in [-0.4, -0.2) is 13.1 Å². The lowest BCUT2D eigenvalue weighted by atomic mass is 10.2. The molecular weight excluding hydrogens is 240 g/mol. The second-order valence-electron chi connectivity index (χ2n) is 3.83. The van der Waals surface area contributed by atoms with E-state index in [4.69, 9.17) is 5.73 Å². The molecule has 2 nitrogen and oxygen atoms in total. The van der Waals surface area contributed by atoms with Gasteiger partial charge >= 0.3 is 0 Å². The molecule has 0 spiro atoms. The fraction of sp³-hybridized carbons (Fsp3) is 0.455. The zero-order valence-electron chi connectivity index (χ0n) is 8.33. The Morgan fingerprint density at radius 2 is 2.21 bits per heavy atom. The lowest BCUT2D eigenvalue weighted by Crippen LogP contribution is -2.19. The molecule has 0 atom stereocenters. The number of halogens is 1. The number of hydrogen-bond donors (Lipinski definition) is 1. The molecule has 14 heavy (non-hydrogen) atoms. The Bertz CT molecular complexity index is 334. The minimum absolute atomic E-state index is 0.603. The number of benzene rings is 1. The highest BCUT2D eigenvalue weighted by atomic mass is 79.9. The van der Waals surface area contributed by atoms with E-state index >= 15 is 0 Å². The number of hydrogen-bond acceptors (Lipinski definition) is 2. The van der Waals surface area contributed by atoms with Crippen molar-refractivity contribution in [2.75, 3.05) is 11.9 Å². The first-order valence-electron chi connectivity index (χ1n) is 4.93. The maximum absolute atomic E-state index is 5.58. The van der Waals surface area contributed by atoms with E-state index in [1.165, 1.54) is 24.1 Å². The number of rotatable bonds is 3. The number of anilines is 1. The Balaban J connectivity index is 2.24. The minimum atomic E-state index is 0.603. The maximum atomic E-state index is 5.58. The number of nitrogens with zero attached hydrogens (tertiary/aromatic N) is 1. The maximum Gasteiger partial charge on any atom is 0.0510 e. The zero-order valence-corrected chi connectivity index (χ0v) is 9.92. The monoisotopic (exact) mass is 254 g/mol. The third-order valence-corrected chi connectivity index (χ3v) is 3.36. The summed E-state index contributed by atoms with van der Waals surface area (Å²) in [6.45, 7) is 0.603. The van der Waals surface area contributed by atoms with Crippen molar-refractivity contribution in [3.05, 3.63) is 28.2 Å². The van der Waals surface area contributed by atoms with Gasteiger partial charge in [-0.25, -0.2) is 0 Å². The topological polar surface area (TPSA) is 29.3 Å². The average Bonchev–Trinajstić information content (AvgIpc) is 3.00. The summed E-state index contributed by atoms with van der Waals surface area (Å²) in [6.07, 6.45) is 2.64. The van der Waals surface area contributed by atoms with Crippen molar-refractivity contribution in [2.24, 2.45) is 5.73 Å². The van der Waals surface area contributed by atoms with E-state index in [0.717, 1.165) is 10.5 Å². The minimum Gasteiger partial charge on any atom is -0.371 e. The van der Waals surface area contributed by atoms with Crippen molar-refractivity contribution in [3.63, 3.8) is 0 Å². The second kappa shape index (κ2) is 3.91. The van der Waals surface area contributed by atoms with Crippen LogP contribution in [0.25, 0.3) is 0 Å². The molecule has 1 aliphatic carbocycles. The summed E-state index contributed by atoms with van der Waals surface area (Å²) in [6, 6.07) is 7.09. The van der Waals surface area contributed by atoms with E-state index in [1.807, 2.05) is 0 Å². The lowest BCUT2D eigenvalue weighted by molar-refractivity contribution is 0.912. The molecule has 76 valence electrons. The van der Waals surface area contributed by atoms with Crippen molar-refractivity contribution >= 4 is 21.6 Å². The highest BCUT2D eigenvalue weighted by molar-refractivity contribution is 9.10. The van der Waals surface area contributed by atoms with Gasteiger partial charge < -0.3 is 10.6 Å². The molecule has 0 heterocycles. The van der Waals surface area contributed by atoms with Crippen LogP contribution in [-0.2, 0) is 6.54 Å². The van der Waals surface area contributed by atoms with E-state index in [0.29, 0.717) is 6.54 Å². The average molecular weight is 255 g/mol. The van der Waals surface area contributed by atoms with Crippen LogP contribution in [0, 0.1) is 0 Å². The van der Waals surface area contributed by atoms with Crippen LogP contribution in [0.15, 0.2) is 22.7 Å². The first-order chi connectivity index (χ1) is 6.72. The van der Waals surface area contributed by atoms with Gasteiger partial charge in [0, 0.05) is 24.1 Å². The molecule has 0 radical (unpaired) electrons. The summed E-state index contributed by atoms with van der Waals surface area (Å²) in [5.74, 6) is 0. The van der Waals surface area contributed by atoms with Crippen LogP contribution in [0.4, 0.5) is 5.69 Å². The molecule has 0 bridgehead atoms. The van der Waals surface area contributed by atoms with Crippen LogP contribution in [0.1, 0.15) is 18.4 Å². The molecule has 1 aliphatic rings. The Labute approximate surface area is 93.2 Å². The van der Waals surface area contributed by atoms with Gasteiger partial charge in [0.25, 0.3) is 0 Å². The van der Waals surface area contributed by atoms with Crippen LogP contribution >= 0.6 is 15.9 Å². The molecule has 3 heteroatoms. The quantitative estimate of drug-likeness (QED) is 0.899. The SMILES string of the molecule is CN(c1ccc(CN)cc1Br)C1CC1. The van der Waals surface area contributed by atoms with Crippen molar-refractivity contribution in [1.82, 2.24) is 0 Å². The smallest absolute Gasteiger partial charge is 0.0510 e. The summed E-state index contributed by atoms with van der Waals surface area (Å²) >= 11 is 3.59. The van der Waals surface area contributed by atoms with Gasteiger partial charge in [-0.05, 0) is 46.5 Å². The Kier molecular flexibility index (Phi) is 2.79. The molecule has 0 aromatic heterocycles. The third kappa shape index (κ3) is 1.93. The number of nitrogens with two attached hydrogens (primary N) is 1. The largest absolute Gasteiger partial charge is 0.371 e. The van der Waals surface area contributed by atoms with Crippen LogP contribution in [0.3, 0.4) is 0 Å². The van der Waals surface area contributed by atoms with Crippen molar-refractivity contribution in [2.45, 2.75) is 25.4 Å². The van der Waals surface area contributed by atoms with Crippen molar-refractivity contribution in [1.29, 1.82) is 0 Å². The van der Waals surface area contributed by atoms with Gasteiger partial charge in [0.2, 0.25) is 0 Å². The van der Waals surface area contributed by atoms with Gasteiger partial charge in [0.05, 0.1) is 5.69 Å². The molecule has 1 aromatic rings. The highest BCUT2D eigenvalue weighted by Crippen LogP contribution is 2.34. The Morgan fingerprint density at radius 3 is 2.71 bits per heavy atom. The summed E-state index contributed by atoms with van der Waals surface area (Å²) in [5, 5.41) is 0. The van der Waals surface area contributed by atoms with Gasteiger partial charge in [-0.3, -0.25) is 0 Å². The van der Waals surface area contributed by atoms with Gasteiger partial charge in [-0.1, -0.05) is 6.07 Å². The normalized spacial score (nSPS) is 15.6.